The summed E-state index contributed by atoms with van der Waals surface area (Å²) in [6.07, 6.45) is 5.81. The second-order valence-electron chi connectivity index (χ2n) is 15.8. The van der Waals surface area contributed by atoms with Gasteiger partial charge in [0, 0.05) is 0 Å². The quantitative estimate of drug-likeness (QED) is 0.390. The van der Waals surface area contributed by atoms with Gasteiger partial charge in [-0.3, -0.25) is 4.79 Å². The van der Waals surface area contributed by atoms with E-state index in [1.54, 1.807) is 0 Å². The molecule has 8 rings (SSSR count). The van der Waals surface area contributed by atoms with Gasteiger partial charge in [-0.1, -0.05) is 20.8 Å². The van der Waals surface area contributed by atoms with Gasteiger partial charge in [0.1, 0.15) is 12.7 Å². The summed E-state index contributed by atoms with van der Waals surface area (Å²) in [5.41, 5.74) is -3.63. The van der Waals surface area contributed by atoms with Crippen molar-refractivity contribution in [3.63, 3.8) is 0 Å². The van der Waals surface area contributed by atoms with Crippen LogP contribution in [0.5, 0.6) is 0 Å². The molecule has 0 aliphatic heterocycles. The molecule has 0 aromatic carbocycles. The van der Waals surface area contributed by atoms with E-state index in [0.717, 1.165) is 64.2 Å². The van der Waals surface area contributed by atoms with Crippen molar-refractivity contribution in [1.82, 2.24) is 0 Å². The Balaban J connectivity index is 1.13. The highest BCUT2D eigenvalue weighted by atomic mass is 19.3. The van der Waals surface area contributed by atoms with Gasteiger partial charge in [0.15, 0.2) is 0 Å². The number of carbonyl (C=O) groups excluding carboxylic acids is 1. The summed E-state index contributed by atoms with van der Waals surface area (Å²) in [4.78, 5) is 13.5. The molecule has 0 aromatic heterocycles. The molecule has 8 fully saturated rings. The third kappa shape index (κ3) is 4.94. The SMILES string of the molecule is CC(C)(C)C(F)(F)OCC(COC(=O)C12CC3CC(CC(O)(C3)C1)C2)OCC12CC3CC(CC(O)(C3)C1)C2. The van der Waals surface area contributed by atoms with Crippen molar-refractivity contribution in [3.8, 4) is 0 Å². The van der Waals surface area contributed by atoms with Crippen LogP contribution in [-0.4, -0.2) is 59.4 Å². The second-order valence-corrected chi connectivity index (χ2v) is 15.8. The normalized spacial score (nSPS) is 46.0. The summed E-state index contributed by atoms with van der Waals surface area (Å²) in [5.74, 6) is 1.34. The molecule has 0 amide bonds. The number of halogens is 2. The molecular weight excluding hydrogens is 494 g/mol. The summed E-state index contributed by atoms with van der Waals surface area (Å²) in [6.45, 7) is 4.10. The molecule has 0 heterocycles. The summed E-state index contributed by atoms with van der Waals surface area (Å²) < 4.78 is 46.6. The van der Waals surface area contributed by atoms with E-state index in [4.69, 9.17) is 14.2 Å². The van der Waals surface area contributed by atoms with Crippen LogP contribution in [0.25, 0.3) is 0 Å². The molecule has 0 spiro atoms. The highest BCUT2D eigenvalue weighted by Crippen LogP contribution is 2.63. The van der Waals surface area contributed by atoms with Gasteiger partial charge in [-0.2, -0.15) is 8.78 Å². The van der Waals surface area contributed by atoms with E-state index in [-0.39, 0.29) is 24.6 Å². The number of rotatable bonds is 9. The Bertz CT molecular complexity index is 916. The van der Waals surface area contributed by atoms with Crippen LogP contribution >= 0.6 is 0 Å². The first-order valence-corrected chi connectivity index (χ1v) is 14.9. The fourth-order valence-corrected chi connectivity index (χ4v) is 10.2. The molecular formula is C30H46F2O6. The molecule has 8 heteroatoms. The predicted molar refractivity (Wildman–Crippen MR) is 135 cm³/mol. The molecule has 0 radical (unpaired) electrons. The summed E-state index contributed by atoms with van der Waals surface area (Å²) >= 11 is 0. The Morgan fingerprint density at radius 1 is 0.842 bits per heavy atom. The second kappa shape index (κ2) is 8.83. The van der Waals surface area contributed by atoms with Crippen LogP contribution in [0.3, 0.4) is 0 Å². The Labute approximate surface area is 225 Å². The third-order valence-electron chi connectivity index (χ3n) is 11.0. The molecule has 216 valence electrons. The van der Waals surface area contributed by atoms with Crippen molar-refractivity contribution in [2.75, 3.05) is 19.8 Å². The monoisotopic (exact) mass is 540 g/mol. The number of hydrogen-bond acceptors (Lipinski definition) is 6. The zero-order chi connectivity index (χ0) is 27.2. The molecule has 8 saturated carbocycles. The van der Waals surface area contributed by atoms with Gasteiger partial charge in [0.25, 0.3) is 0 Å². The van der Waals surface area contributed by atoms with E-state index in [1.165, 1.54) is 20.8 Å². The van der Waals surface area contributed by atoms with Crippen molar-refractivity contribution in [2.45, 2.75) is 121 Å². The highest BCUT2D eigenvalue weighted by Gasteiger charge is 2.61. The lowest BCUT2D eigenvalue weighted by Crippen LogP contribution is -2.58. The molecule has 0 saturated heterocycles. The van der Waals surface area contributed by atoms with Crippen molar-refractivity contribution >= 4 is 5.97 Å². The minimum atomic E-state index is -3.36. The fraction of sp³-hybridized carbons (Fsp3) is 0.967. The summed E-state index contributed by atoms with van der Waals surface area (Å²) in [6, 6.07) is 0. The van der Waals surface area contributed by atoms with Crippen LogP contribution in [0.15, 0.2) is 0 Å². The van der Waals surface area contributed by atoms with Crippen molar-refractivity contribution in [2.24, 2.45) is 39.9 Å². The molecule has 0 aromatic rings. The van der Waals surface area contributed by atoms with Gasteiger partial charge in [0.05, 0.1) is 35.2 Å². The van der Waals surface area contributed by atoms with Crippen molar-refractivity contribution in [3.05, 3.63) is 0 Å². The first-order valence-electron chi connectivity index (χ1n) is 14.9. The first-order chi connectivity index (χ1) is 17.6. The molecule has 5 atom stereocenters. The maximum atomic E-state index is 14.7. The van der Waals surface area contributed by atoms with Gasteiger partial charge in [-0.15, -0.1) is 0 Å². The Morgan fingerprint density at radius 2 is 1.37 bits per heavy atom. The van der Waals surface area contributed by atoms with Crippen LogP contribution in [0.1, 0.15) is 97.8 Å². The maximum absolute atomic E-state index is 14.7. The van der Waals surface area contributed by atoms with Gasteiger partial charge in [-0.25, -0.2) is 0 Å². The van der Waals surface area contributed by atoms with Gasteiger partial charge < -0.3 is 24.4 Å². The molecule has 5 unspecified atom stereocenters. The molecule has 8 bridgehead atoms. The highest BCUT2D eigenvalue weighted by molar-refractivity contribution is 5.77. The number of hydrogen-bond donors (Lipinski definition) is 2. The lowest BCUT2D eigenvalue weighted by Gasteiger charge is -2.60. The van der Waals surface area contributed by atoms with E-state index < -0.39 is 34.2 Å². The fourth-order valence-electron chi connectivity index (χ4n) is 10.2. The number of ether oxygens (including phenoxy) is 3. The lowest BCUT2D eigenvalue weighted by molar-refractivity contribution is -0.306. The number of aliphatic hydroxyl groups is 2. The molecule has 2 N–H and O–H groups in total. The first kappa shape index (κ1) is 27.3. The van der Waals surface area contributed by atoms with Crippen molar-refractivity contribution < 1.29 is 38.0 Å². The van der Waals surface area contributed by atoms with E-state index in [2.05, 4.69) is 0 Å². The summed E-state index contributed by atoms with van der Waals surface area (Å²) in [7, 11) is 0. The zero-order valence-corrected chi connectivity index (χ0v) is 23.3. The van der Waals surface area contributed by atoms with Crippen LogP contribution in [0.4, 0.5) is 8.78 Å². The van der Waals surface area contributed by atoms with E-state index in [1.807, 2.05) is 0 Å². The zero-order valence-electron chi connectivity index (χ0n) is 23.3. The maximum Gasteiger partial charge on any atom is 0.360 e. The average molecular weight is 541 g/mol. The van der Waals surface area contributed by atoms with Crippen LogP contribution in [0, 0.1) is 39.9 Å². The summed E-state index contributed by atoms with van der Waals surface area (Å²) in [5, 5.41) is 22.2. The van der Waals surface area contributed by atoms with E-state index in [0.29, 0.717) is 43.1 Å². The van der Waals surface area contributed by atoms with E-state index >= 15 is 0 Å². The largest absolute Gasteiger partial charge is 0.462 e. The van der Waals surface area contributed by atoms with Crippen LogP contribution in [-0.2, 0) is 19.0 Å². The number of carbonyl (C=O) groups is 1. The lowest BCUT2D eigenvalue weighted by atomic mass is 9.48. The molecule has 8 aliphatic carbocycles. The smallest absolute Gasteiger partial charge is 0.360 e. The Hall–Kier alpha value is -0.830. The van der Waals surface area contributed by atoms with Crippen LogP contribution < -0.4 is 0 Å². The number of alkyl halides is 2. The minimum absolute atomic E-state index is 0.151. The van der Waals surface area contributed by atoms with E-state index in [9.17, 15) is 23.8 Å². The standard InChI is InChI=1S/C30H46F2O6/c1-25(2,3)30(31,32)38-15-23(37-18-26-6-19-4-20(7-26)11-28(34,10-19)16-26)14-36-24(33)27-8-21-5-22(9-27)13-29(35,12-21)17-27/h19-23,34-35H,4-18H2,1-3H3. The minimum Gasteiger partial charge on any atom is -0.462 e. The molecule has 6 nitrogen and oxygen atoms in total. The van der Waals surface area contributed by atoms with Gasteiger partial charge in [0.2, 0.25) is 0 Å². The van der Waals surface area contributed by atoms with Gasteiger partial charge in [-0.05, 0) is 106 Å². The predicted octanol–water partition coefficient (Wildman–Crippen LogP) is 5.23. The van der Waals surface area contributed by atoms with Gasteiger partial charge >= 0.3 is 12.1 Å². The van der Waals surface area contributed by atoms with Crippen LogP contribution in [0.2, 0.25) is 0 Å². The van der Waals surface area contributed by atoms with Crippen molar-refractivity contribution in [1.29, 1.82) is 0 Å². The Kier molecular flexibility index (Phi) is 6.36. The topological polar surface area (TPSA) is 85.2 Å². The average Bonchev–Trinajstić information content (AvgIpc) is 2.74. The molecule has 38 heavy (non-hydrogen) atoms. The Morgan fingerprint density at radius 3 is 1.87 bits per heavy atom. The molecule has 8 aliphatic rings. The number of esters is 1. The third-order valence-corrected chi connectivity index (χ3v) is 11.0.